The molecule has 3 aliphatic rings. The topological polar surface area (TPSA) is 170 Å². The van der Waals surface area contributed by atoms with Crippen LogP contribution in [0.5, 0.6) is 5.75 Å². The van der Waals surface area contributed by atoms with Gasteiger partial charge >= 0.3 is 0 Å². The van der Waals surface area contributed by atoms with E-state index in [1.165, 1.54) is 19.0 Å². The van der Waals surface area contributed by atoms with Crippen molar-refractivity contribution >= 4 is 34.7 Å². The highest BCUT2D eigenvalue weighted by molar-refractivity contribution is 6.32. The van der Waals surface area contributed by atoms with Gasteiger partial charge in [-0.1, -0.05) is 0 Å². The predicted molar refractivity (Wildman–Crippen MR) is 138 cm³/mol. The number of halogens is 2. The summed E-state index contributed by atoms with van der Waals surface area (Å²) in [5.41, 5.74) is 3.49. The Morgan fingerprint density at radius 3 is 2.30 bits per heavy atom. The number of likely N-dealkylation sites (N-methyl/N-ethyl adjacent to an activating group) is 1. The first kappa shape index (κ1) is 29.7. The van der Waals surface area contributed by atoms with Crippen molar-refractivity contribution in [1.29, 1.82) is 0 Å². The van der Waals surface area contributed by atoms with Crippen LogP contribution in [-0.4, -0.2) is 103 Å². The van der Waals surface area contributed by atoms with Crippen LogP contribution in [0, 0.1) is 23.7 Å². The minimum absolute atomic E-state index is 0.0600. The van der Waals surface area contributed by atoms with Crippen LogP contribution in [0.15, 0.2) is 6.07 Å². The highest BCUT2D eigenvalue weighted by atomic mass is 19.1. The van der Waals surface area contributed by atoms with E-state index in [1.54, 1.807) is 25.1 Å². The Morgan fingerprint density at radius 1 is 1.15 bits per heavy atom. The van der Waals surface area contributed by atoms with E-state index in [1.807, 2.05) is 0 Å². The number of primary amides is 1. The number of nitrogens with zero attached hydrogens (tertiary/aromatic N) is 2. The van der Waals surface area contributed by atoms with Crippen molar-refractivity contribution in [3.63, 3.8) is 0 Å². The largest absolute Gasteiger partial charge is 0.507 e. The number of Topliss-reactive ketones (excluding diaryl/α,β-unsaturated/α-hetero) is 4. The molecule has 2 unspecified atom stereocenters. The second-order valence-corrected chi connectivity index (χ2v) is 11.3. The molecule has 40 heavy (non-hydrogen) atoms. The van der Waals surface area contributed by atoms with Gasteiger partial charge in [0, 0.05) is 37.8 Å². The molecule has 0 radical (unpaired) electrons. The Bertz CT molecular complexity index is 1280. The number of amides is 1. The molecule has 1 amide bonds. The maximum Gasteiger partial charge on any atom is 0.235 e. The van der Waals surface area contributed by atoms with E-state index in [0.717, 1.165) is 0 Å². The molecule has 1 aromatic rings. The van der Waals surface area contributed by atoms with Gasteiger partial charge in [0.1, 0.15) is 19.1 Å². The minimum atomic E-state index is -2.81. The number of hydrogen-bond donors (Lipinski definition) is 4. The number of carbonyl (C=O) groups is 5. The Balaban J connectivity index is 1.84. The number of hydrogen-bond acceptors (Lipinski definition) is 10. The van der Waals surface area contributed by atoms with Crippen molar-refractivity contribution < 1.29 is 43.0 Å². The Morgan fingerprint density at radius 2 is 1.77 bits per heavy atom. The number of benzene rings is 1. The molecule has 5 N–H and O–H groups in total. The lowest BCUT2D eigenvalue weighted by atomic mass is 9.52. The highest BCUT2D eigenvalue weighted by Gasteiger charge is 2.69. The quantitative estimate of drug-likeness (QED) is 0.297. The third-order valence-electron chi connectivity index (χ3n) is 8.55. The van der Waals surface area contributed by atoms with Gasteiger partial charge in [0.25, 0.3) is 0 Å². The summed E-state index contributed by atoms with van der Waals surface area (Å²) in [5.74, 6) is -11.4. The van der Waals surface area contributed by atoms with Gasteiger partial charge in [0.2, 0.25) is 5.91 Å². The summed E-state index contributed by atoms with van der Waals surface area (Å²) in [4.78, 5) is 69.6. The van der Waals surface area contributed by atoms with Crippen molar-refractivity contribution in [2.75, 3.05) is 46.4 Å². The molecule has 218 valence electrons. The first-order valence-corrected chi connectivity index (χ1v) is 13.0. The van der Waals surface area contributed by atoms with Gasteiger partial charge in [-0.25, -0.2) is 8.78 Å². The zero-order valence-electron chi connectivity index (χ0n) is 22.7. The summed E-state index contributed by atoms with van der Waals surface area (Å²) in [6, 6.07) is -0.708. The fourth-order valence-corrected chi connectivity index (χ4v) is 6.64. The van der Waals surface area contributed by atoms with Gasteiger partial charge in [0.05, 0.1) is 23.6 Å². The molecule has 0 heterocycles. The number of rotatable bonds is 8. The van der Waals surface area contributed by atoms with Crippen LogP contribution >= 0.6 is 0 Å². The molecular weight excluding hydrogens is 530 g/mol. The van der Waals surface area contributed by atoms with Gasteiger partial charge in [-0.15, -0.1) is 0 Å². The molecule has 1 aromatic carbocycles. The third-order valence-corrected chi connectivity index (χ3v) is 8.55. The molecule has 13 heteroatoms. The Labute approximate surface area is 229 Å². The smallest absolute Gasteiger partial charge is 0.235 e. The van der Waals surface area contributed by atoms with Gasteiger partial charge in [0.15, 0.2) is 34.7 Å². The maximum absolute atomic E-state index is 13.9. The molecule has 4 rings (SSSR count). The van der Waals surface area contributed by atoms with Gasteiger partial charge in [-0.3, -0.25) is 28.9 Å². The van der Waals surface area contributed by atoms with E-state index in [0.29, 0.717) is 11.3 Å². The van der Waals surface area contributed by atoms with E-state index in [9.17, 15) is 43.0 Å². The van der Waals surface area contributed by atoms with Gasteiger partial charge in [-0.05, 0) is 44.5 Å². The lowest BCUT2D eigenvalue weighted by molar-refractivity contribution is -0.181. The normalized spacial score (nSPS) is 29.9. The van der Waals surface area contributed by atoms with Crippen molar-refractivity contribution in [2.45, 2.75) is 37.1 Å². The number of ketones is 4. The van der Waals surface area contributed by atoms with E-state index in [-0.39, 0.29) is 30.5 Å². The number of alkyl halides is 2. The second kappa shape index (κ2) is 10.6. The molecule has 6 atom stereocenters. The van der Waals surface area contributed by atoms with Crippen molar-refractivity contribution in [1.82, 2.24) is 10.2 Å². The number of nitrogens with one attached hydrogen (secondary N) is 1. The van der Waals surface area contributed by atoms with Crippen molar-refractivity contribution in [2.24, 2.45) is 29.4 Å². The highest BCUT2D eigenvalue weighted by Crippen LogP contribution is 2.52. The zero-order chi connectivity index (χ0) is 29.8. The summed E-state index contributed by atoms with van der Waals surface area (Å²) >= 11 is 0. The molecule has 0 spiro atoms. The second-order valence-electron chi connectivity index (χ2n) is 11.3. The number of aromatic hydroxyl groups is 1. The van der Waals surface area contributed by atoms with Crippen LogP contribution < -0.4 is 16.0 Å². The summed E-state index contributed by atoms with van der Waals surface area (Å²) in [7, 11) is 6.45. The zero-order valence-corrected chi connectivity index (χ0v) is 22.7. The van der Waals surface area contributed by atoms with E-state index in [4.69, 9.17) is 5.73 Å². The molecule has 0 aromatic heterocycles. The molecule has 3 aliphatic carbocycles. The van der Waals surface area contributed by atoms with Crippen LogP contribution in [0.2, 0.25) is 0 Å². The minimum Gasteiger partial charge on any atom is -0.507 e. The summed E-state index contributed by atoms with van der Waals surface area (Å²) < 4.78 is 26.1. The first-order valence-electron chi connectivity index (χ1n) is 13.0. The number of fused-ring (bicyclic) bond motifs is 3. The SMILES string of the molecule is CN(C)c1cc(CNC(CF)CF)c(O)c2c1C[C@H]1C[C@H]3[C@H](N(C)C)C(=O)C(C(N)=O)C(=O)[C@@]3(O)C(=O)C1C2=O. The average molecular weight is 565 g/mol. The first-order chi connectivity index (χ1) is 18.7. The number of phenolic OH excluding ortho intramolecular Hbond substituents is 1. The van der Waals surface area contributed by atoms with E-state index < -0.39 is 89.5 Å². The van der Waals surface area contributed by atoms with Crippen LogP contribution in [-0.2, 0) is 32.1 Å². The maximum atomic E-state index is 13.9. The number of anilines is 1. The number of aliphatic hydroxyl groups is 1. The van der Waals surface area contributed by atoms with Crippen LogP contribution in [0.25, 0.3) is 0 Å². The van der Waals surface area contributed by atoms with Crippen LogP contribution in [0.1, 0.15) is 27.9 Å². The lowest BCUT2D eigenvalue weighted by Gasteiger charge is -2.52. The number of nitrogens with two attached hydrogens (primary N) is 1. The van der Waals surface area contributed by atoms with Gasteiger partial charge in [-0.2, -0.15) is 0 Å². The molecule has 0 aliphatic heterocycles. The molecule has 2 fully saturated rings. The fourth-order valence-electron chi connectivity index (χ4n) is 6.64. The van der Waals surface area contributed by atoms with Crippen LogP contribution in [0.3, 0.4) is 0 Å². The monoisotopic (exact) mass is 564 g/mol. The standard InChI is InChI=1S/C27H34F2N4O7/c1-32(2)16-7-12(10-31-13(8-28)9-29)21(34)18-14(16)5-11-6-15-20(33(3)4)23(36)19(26(30)39)25(38)27(15,40)24(37)17(11)22(18)35/h7,11,13,15,17,19-20,31,34,40H,5-6,8-10H2,1-4H3,(H2,30,39)/t11-,15-,17?,19?,20-,27-/m0/s1. The van der Waals surface area contributed by atoms with E-state index in [2.05, 4.69) is 5.32 Å². The molecular formula is C27H34F2N4O7. The van der Waals surface area contributed by atoms with Gasteiger partial charge < -0.3 is 26.2 Å². The molecule has 0 bridgehead atoms. The summed E-state index contributed by atoms with van der Waals surface area (Å²) in [6.07, 6.45) is 0.0493. The average Bonchev–Trinajstić information content (AvgIpc) is 2.87. The lowest BCUT2D eigenvalue weighted by Crippen LogP contribution is -2.74. The Hall–Kier alpha value is -3.29. The van der Waals surface area contributed by atoms with E-state index >= 15 is 0 Å². The fraction of sp³-hybridized carbons (Fsp3) is 0.593. The molecule has 11 nitrogen and oxygen atoms in total. The summed E-state index contributed by atoms with van der Waals surface area (Å²) in [6.45, 7) is -2.15. The number of carbonyl (C=O) groups excluding carboxylic acids is 5. The summed E-state index contributed by atoms with van der Waals surface area (Å²) in [5, 5.41) is 25.4. The Kier molecular flexibility index (Phi) is 7.87. The third kappa shape index (κ3) is 4.31. The number of phenols is 1. The molecule has 2 saturated carbocycles. The van der Waals surface area contributed by atoms with Crippen LogP contribution in [0.4, 0.5) is 14.5 Å². The van der Waals surface area contributed by atoms with Crippen molar-refractivity contribution in [3.05, 3.63) is 22.8 Å². The predicted octanol–water partition coefficient (Wildman–Crippen LogP) is -0.670. The molecule has 0 saturated heterocycles. The van der Waals surface area contributed by atoms with Crippen molar-refractivity contribution in [3.8, 4) is 5.75 Å².